The molecule has 1 atom stereocenters. The smallest absolute Gasteiger partial charge is 0.251 e. The van der Waals surface area contributed by atoms with Crippen molar-refractivity contribution in [3.8, 4) is 0 Å². The highest BCUT2D eigenvalue weighted by atomic mass is 32.1. The largest absolute Gasteiger partial charge is 0.349 e. The van der Waals surface area contributed by atoms with Crippen molar-refractivity contribution in [3.63, 3.8) is 0 Å². The fourth-order valence-corrected chi connectivity index (χ4v) is 2.96. The average molecular weight is 313 g/mol. The lowest BCUT2D eigenvalue weighted by Gasteiger charge is -2.13. The van der Waals surface area contributed by atoms with E-state index in [9.17, 15) is 18.0 Å². The Labute approximate surface area is 124 Å². The van der Waals surface area contributed by atoms with E-state index >= 15 is 0 Å². The Morgan fingerprint density at radius 2 is 1.86 bits per heavy atom. The summed E-state index contributed by atoms with van der Waals surface area (Å²) in [5, 5.41) is 2.64. The van der Waals surface area contributed by atoms with Gasteiger partial charge in [0.15, 0.2) is 17.5 Å². The summed E-state index contributed by atoms with van der Waals surface area (Å²) < 4.78 is 39.0. The average Bonchev–Trinajstić information content (AvgIpc) is 2.80. The van der Waals surface area contributed by atoms with Gasteiger partial charge < -0.3 is 5.32 Å². The first-order valence-electron chi connectivity index (χ1n) is 6.37. The number of carbonyl (C=O) groups is 1. The van der Waals surface area contributed by atoms with Crippen molar-refractivity contribution >= 4 is 17.2 Å². The lowest BCUT2D eigenvalue weighted by atomic mass is 10.1. The summed E-state index contributed by atoms with van der Waals surface area (Å²) in [6.45, 7) is 3.78. The second-order valence-corrected chi connectivity index (χ2v) is 6.22. The number of halogens is 3. The maximum absolute atomic E-state index is 13.1. The molecule has 1 unspecified atom stereocenters. The summed E-state index contributed by atoms with van der Waals surface area (Å²) >= 11 is 1.62. The molecule has 0 radical (unpaired) electrons. The molecule has 1 heterocycles. The van der Waals surface area contributed by atoms with Crippen LogP contribution in [0.3, 0.4) is 0 Å². The summed E-state index contributed by atoms with van der Waals surface area (Å²) in [6.07, 6.45) is 0.621. The van der Waals surface area contributed by atoms with Crippen molar-refractivity contribution in [1.82, 2.24) is 5.32 Å². The van der Waals surface area contributed by atoms with Gasteiger partial charge in [-0.2, -0.15) is 0 Å². The van der Waals surface area contributed by atoms with Crippen molar-refractivity contribution in [2.75, 3.05) is 0 Å². The van der Waals surface area contributed by atoms with Crippen LogP contribution in [0.15, 0.2) is 24.3 Å². The molecule has 2 nitrogen and oxygen atoms in total. The molecule has 1 aromatic heterocycles. The zero-order chi connectivity index (χ0) is 15.6. The van der Waals surface area contributed by atoms with Crippen LogP contribution >= 0.6 is 11.3 Å². The van der Waals surface area contributed by atoms with Crippen molar-refractivity contribution in [3.05, 3.63) is 57.0 Å². The highest BCUT2D eigenvalue weighted by Crippen LogP contribution is 2.17. The number of nitrogens with one attached hydrogen (secondary N) is 1. The Kier molecular flexibility index (Phi) is 4.67. The first kappa shape index (κ1) is 15.6. The predicted molar refractivity (Wildman–Crippen MR) is 76.0 cm³/mol. The molecule has 1 N–H and O–H groups in total. The second kappa shape index (κ2) is 6.30. The summed E-state index contributed by atoms with van der Waals surface area (Å²) in [4.78, 5) is 14.2. The van der Waals surface area contributed by atoms with Crippen LogP contribution in [-0.2, 0) is 6.42 Å². The van der Waals surface area contributed by atoms with Crippen LogP contribution in [0.25, 0.3) is 0 Å². The molecule has 1 amide bonds. The van der Waals surface area contributed by atoms with Crippen LogP contribution in [0.1, 0.15) is 27.0 Å². The van der Waals surface area contributed by atoms with Gasteiger partial charge in [-0.1, -0.05) is 0 Å². The number of amides is 1. The zero-order valence-electron chi connectivity index (χ0n) is 11.5. The molecule has 0 spiro atoms. The molecule has 112 valence electrons. The van der Waals surface area contributed by atoms with E-state index in [1.165, 1.54) is 4.88 Å². The minimum absolute atomic E-state index is 0.202. The van der Waals surface area contributed by atoms with Crippen molar-refractivity contribution in [1.29, 1.82) is 0 Å². The van der Waals surface area contributed by atoms with Crippen LogP contribution in [0.5, 0.6) is 0 Å². The van der Waals surface area contributed by atoms with E-state index in [1.807, 2.05) is 19.1 Å². The number of benzene rings is 1. The minimum Gasteiger partial charge on any atom is -0.349 e. The third-order valence-corrected chi connectivity index (χ3v) is 3.95. The molecule has 0 aliphatic rings. The highest BCUT2D eigenvalue weighted by molar-refractivity contribution is 7.11. The number of thiophene rings is 1. The van der Waals surface area contributed by atoms with Gasteiger partial charge in [0.1, 0.15) is 0 Å². The molecule has 1 aromatic carbocycles. The van der Waals surface area contributed by atoms with Gasteiger partial charge in [-0.05, 0) is 38.1 Å². The van der Waals surface area contributed by atoms with Crippen molar-refractivity contribution in [2.45, 2.75) is 26.3 Å². The Morgan fingerprint density at radius 3 is 2.38 bits per heavy atom. The Balaban J connectivity index is 2.04. The van der Waals surface area contributed by atoms with Gasteiger partial charge in [0.05, 0.1) is 0 Å². The monoisotopic (exact) mass is 313 g/mol. The van der Waals surface area contributed by atoms with E-state index in [0.717, 1.165) is 4.88 Å². The molecule has 21 heavy (non-hydrogen) atoms. The second-order valence-electron chi connectivity index (χ2n) is 4.84. The van der Waals surface area contributed by atoms with E-state index in [4.69, 9.17) is 0 Å². The fourth-order valence-electron chi connectivity index (χ4n) is 1.94. The van der Waals surface area contributed by atoms with E-state index in [1.54, 1.807) is 18.3 Å². The SMILES string of the molecule is Cc1ccc(CC(C)NC(=O)c2cc(F)c(F)c(F)c2)s1. The van der Waals surface area contributed by atoms with Gasteiger partial charge in [-0.15, -0.1) is 11.3 Å². The maximum Gasteiger partial charge on any atom is 0.251 e. The maximum atomic E-state index is 13.1. The third kappa shape index (κ3) is 3.85. The van der Waals surface area contributed by atoms with Gasteiger partial charge in [-0.25, -0.2) is 13.2 Å². The number of hydrogen-bond donors (Lipinski definition) is 1. The van der Waals surface area contributed by atoms with Crippen LogP contribution < -0.4 is 5.32 Å². The molecule has 0 fully saturated rings. The van der Waals surface area contributed by atoms with E-state index in [2.05, 4.69) is 5.32 Å². The first-order valence-corrected chi connectivity index (χ1v) is 7.19. The van der Waals surface area contributed by atoms with Crippen LogP contribution in [0.4, 0.5) is 13.2 Å². The normalized spacial score (nSPS) is 12.2. The summed E-state index contributed by atoms with van der Waals surface area (Å²) in [7, 11) is 0. The topological polar surface area (TPSA) is 29.1 Å². The van der Waals surface area contributed by atoms with Crippen molar-refractivity contribution < 1.29 is 18.0 Å². The summed E-state index contributed by atoms with van der Waals surface area (Å²) in [5.41, 5.74) is -0.236. The zero-order valence-corrected chi connectivity index (χ0v) is 12.4. The number of carbonyl (C=O) groups excluding carboxylic acids is 1. The Bertz CT molecular complexity index is 646. The van der Waals surface area contributed by atoms with Crippen LogP contribution in [0, 0.1) is 24.4 Å². The third-order valence-electron chi connectivity index (χ3n) is 2.93. The van der Waals surface area contributed by atoms with Gasteiger partial charge in [0.2, 0.25) is 0 Å². The Morgan fingerprint density at radius 1 is 1.24 bits per heavy atom. The lowest BCUT2D eigenvalue weighted by molar-refractivity contribution is 0.0939. The lowest BCUT2D eigenvalue weighted by Crippen LogP contribution is -2.34. The molecular weight excluding hydrogens is 299 g/mol. The molecule has 0 saturated heterocycles. The first-order chi connectivity index (χ1) is 9.86. The minimum atomic E-state index is -1.58. The highest BCUT2D eigenvalue weighted by Gasteiger charge is 2.16. The van der Waals surface area contributed by atoms with Crippen LogP contribution in [0.2, 0.25) is 0 Å². The molecule has 0 saturated carbocycles. The summed E-state index contributed by atoms with van der Waals surface area (Å²) in [5.74, 6) is -4.95. The summed E-state index contributed by atoms with van der Waals surface area (Å²) in [6, 6.07) is 5.14. The van der Waals surface area contributed by atoms with Gasteiger partial charge in [0, 0.05) is 27.8 Å². The van der Waals surface area contributed by atoms with E-state index < -0.39 is 23.4 Å². The number of hydrogen-bond acceptors (Lipinski definition) is 2. The molecule has 0 bridgehead atoms. The van der Waals surface area contributed by atoms with E-state index in [0.29, 0.717) is 18.6 Å². The number of aryl methyl sites for hydroxylation is 1. The molecule has 0 aliphatic heterocycles. The van der Waals surface area contributed by atoms with Crippen LogP contribution in [-0.4, -0.2) is 11.9 Å². The molecular formula is C15H14F3NOS. The fraction of sp³-hybridized carbons (Fsp3) is 0.267. The molecule has 6 heteroatoms. The quantitative estimate of drug-likeness (QED) is 0.854. The standard InChI is InChI=1S/C15H14F3NOS/c1-8(5-11-4-3-9(2)21-11)19-15(20)10-6-12(16)14(18)13(17)7-10/h3-4,6-8H,5H2,1-2H3,(H,19,20). The van der Waals surface area contributed by atoms with Crippen molar-refractivity contribution in [2.24, 2.45) is 0 Å². The Hall–Kier alpha value is -1.82. The van der Waals surface area contributed by atoms with Gasteiger partial charge in [0.25, 0.3) is 5.91 Å². The number of rotatable bonds is 4. The van der Waals surface area contributed by atoms with Gasteiger partial charge >= 0.3 is 0 Å². The molecule has 2 aromatic rings. The predicted octanol–water partition coefficient (Wildman–Crippen LogP) is 3.83. The van der Waals surface area contributed by atoms with Gasteiger partial charge in [-0.3, -0.25) is 4.79 Å². The molecule has 0 aliphatic carbocycles. The van der Waals surface area contributed by atoms with E-state index in [-0.39, 0.29) is 11.6 Å². The molecule has 2 rings (SSSR count).